The third kappa shape index (κ3) is 5.86. The molecule has 0 unspecified atom stereocenters. The first-order chi connectivity index (χ1) is 12.1. The minimum atomic E-state index is -0.726. The second-order valence-electron chi connectivity index (χ2n) is 5.03. The SMILES string of the molecule is COc1ccc(CCNC(=O)C(=O)Nc2ccc(SC#N)cc2)cc1. The highest BCUT2D eigenvalue weighted by Gasteiger charge is 2.13. The molecule has 0 saturated heterocycles. The zero-order valence-corrected chi connectivity index (χ0v) is 14.4. The molecule has 2 aromatic carbocycles. The van der Waals surface area contributed by atoms with E-state index in [-0.39, 0.29) is 0 Å². The summed E-state index contributed by atoms with van der Waals surface area (Å²) in [4.78, 5) is 24.4. The van der Waals surface area contributed by atoms with Gasteiger partial charge in [-0.3, -0.25) is 9.59 Å². The highest BCUT2D eigenvalue weighted by molar-refractivity contribution is 8.03. The van der Waals surface area contributed by atoms with Crippen LogP contribution in [0, 0.1) is 10.7 Å². The van der Waals surface area contributed by atoms with Crippen LogP contribution in [0.15, 0.2) is 53.4 Å². The van der Waals surface area contributed by atoms with Gasteiger partial charge >= 0.3 is 11.8 Å². The van der Waals surface area contributed by atoms with Crippen molar-refractivity contribution in [3.8, 4) is 11.2 Å². The molecule has 6 nitrogen and oxygen atoms in total. The summed E-state index contributed by atoms with van der Waals surface area (Å²) in [5.74, 6) is -0.647. The zero-order chi connectivity index (χ0) is 18.1. The molecule has 0 spiro atoms. The van der Waals surface area contributed by atoms with Gasteiger partial charge in [0, 0.05) is 17.1 Å². The first-order valence-electron chi connectivity index (χ1n) is 7.50. The minimum Gasteiger partial charge on any atom is -0.497 e. The molecule has 0 aromatic heterocycles. The number of carbonyl (C=O) groups excluding carboxylic acids is 2. The molecule has 25 heavy (non-hydrogen) atoms. The number of nitrogens with one attached hydrogen (secondary N) is 2. The van der Waals surface area contributed by atoms with E-state index in [0.717, 1.165) is 28.0 Å². The maximum Gasteiger partial charge on any atom is 0.313 e. The molecule has 0 aliphatic carbocycles. The van der Waals surface area contributed by atoms with E-state index in [1.54, 1.807) is 31.4 Å². The van der Waals surface area contributed by atoms with Crippen LogP contribution >= 0.6 is 11.8 Å². The van der Waals surface area contributed by atoms with Crippen molar-refractivity contribution in [2.45, 2.75) is 11.3 Å². The molecule has 2 aromatic rings. The Bertz CT molecular complexity index is 768. The Labute approximate surface area is 150 Å². The van der Waals surface area contributed by atoms with Gasteiger partial charge in [-0.15, -0.1) is 0 Å². The Morgan fingerprint density at radius 2 is 1.76 bits per heavy atom. The Kier molecular flexibility index (Phi) is 6.87. The standard InChI is InChI=1S/C18H17N3O3S/c1-24-15-6-2-13(3-7-15)10-11-20-17(22)18(23)21-14-4-8-16(9-5-14)25-12-19/h2-9H,10-11H2,1H3,(H,20,22)(H,21,23). The number of nitriles is 1. The van der Waals surface area contributed by atoms with E-state index in [4.69, 9.17) is 10.00 Å². The fraction of sp³-hybridized carbons (Fsp3) is 0.167. The second kappa shape index (κ2) is 9.35. The summed E-state index contributed by atoms with van der Waals surface area (Å²) in [5, 5.41) is 15.6. The summed E-state index contributed by atoms with van der Waals surface area (Å²) in [6.07, 6.45) is 0.614. The van der Waals surface area contributed by atoms with Crippen LogP contribution < -0.4 is 15.4 Å². The van der Waals surface area contributed by atoms with Crippen LogP contribution in [0.25, 0.3) is 0 Å². The fourth-order valence-corrected chi connectivity index (χ4v) is 2.42. The van der Waals surface area contributed by atoms with Gasteiger partial charge in [-0.25, -0.2) is 0 Å². The van der Waals surface area contributed by atoms with Gasteiger partial charge in [0.25, 0.3) is 0 Å². The number of methoxy groups -OCH3 is 1. The summed E-state index contributed by atoms with van der Waals surface area (Å²) in [6.45, 7) is 0.357. The normalized spacial score (nSPS) is 9.76. The maximum absolute atomic E-state index is 11.9. The van der Waals surface area contributed by atoms with Crippen LogP contribution in [0.3, 0.4) is 0 Å². The molecule has 0 atom stereocenters. The van der Waals surface area contributed by atoms with Crippen LogP contribution in [-0.4, -0.2) is 25.5 Å². The summed E-state index contributed by atoms with van der Waals surface area (Å²) in [5.41, 5.74) is 1.53. The zero-order valence-electron chi connectivity index (χ0n) is 13.6. The number of thioether (sulfide) groups is 1. The van der Waals surface area contributed by atoms with E-state index in [2.05, 4.69) is 10.6 Å². The van der Waals surface area contributed by atoms with E-state index >= 15 is 0 Å². The number of benzene rings is 2. The number of thiocyanates is 1. The van der Waals surface area contributed by atoms with Crippen molar-refractivity contribution in [3.05, 3.63) is 54.1 Å². The first kappa shape index (κ1) is 18.4. The van der Waals surface area contributed by atoms with Crippen molar-refractivity contribution in [1.82, 2.24) is 5.32 Å². The lowest BCUT2D eigenvalue weighted by Crippen LogP contribution is -2.36. The minimum absolute atomic E-state index is 0.357. The summed E-state index contributed by atoms with van der Waals surface area (Å²) in [6, 6.07) is 14.2. The lowest BCUT2D eigenvalue weighted by Gasteiger charge is -2.07. The molecule has 0 bridgehead atoms. The topological polar surface area (TPSA) is 91.2 Å². The van der Waals surface area contributed by atoms with E-state index in [1.807, 2.05) is 29.7 Å². The quantitative estimate of drug-likeness (QED) is 0.472. The van der Waals surface area contributed by atoms with Crippen molar-refractivity contribution >= 4 is 29.3 Å². The number of carbonyl (C=O) groups is 2. The van der Waals surface area contributed by atoms with Gasteiger partial charge in [0.1, 0.15) is 11.2 Å². The molecule has 128 valence electrons. The predicted molar refractivity (Wildman–Crippen MR) is 96.2 cm³/mol. The maximum atomic E-state index is 11.9. The molecule has 2 rings (SSSR count). The third-order valence-electron chi connectivity index (χ3n) is 3.34. The van der Waals surface area contributed by atoms with Gasteiger partial charge in [-0.2, -0.15) is 5.26 Å². The van der Waals surface area contributed by atoms with Gasteiger partial charge < -0.3 is 15.4 Å². The van der Waals surface area contributed by atoms with Gasteiger partial charge in [0.05, 0.1) is 7.11 Å². The monoisotopic (exact) mass is 355 g/mol. The molecule has 0 aliphatic heterocycles. The Morgan fingerprint density at radius 1 is 1.08 bits per heavy atom. The van der Waals surface area contributed by atoms with Crippen LogP contribution in [0.2, 0.25) is 0 Å². The van der Waals surface area contributed by atoms with Gasteiger partial charge in [0.2, 0.25) is 0 Å². The Morgan fingerprint density at radius 3 is 2.36 bits per heavy atom. The van der Waals surface area contributed by atoms with Crippen LogP contribution in [0.1, 0.15) is 5.56 Å². The number of amides is 2. The summed E-state index contributed by atoms with van der Waals surface area (Å²) >= 11 is 1.03. The lowest BCUT2D eigenvalue weighted by atomic mass is 10.1. The first-order valence-corrected chi connectivity index (χ1v) is 8.32. The molecular formula is C18H17N3O3S. The van der Waals surface area contributed by atoms with E-state index < -0.39 is 11.8 Å². The van der Waals surface area contributed by atoms with Gasteiger partial charge in [-0.05, 0) is 60.1 Å². The number of hydrogen-bond donors (Lipinski definition) is 2. The molecule has 2 N–H and O–H groups in total. The van der Waals surface area contributed by atoms with E-state index in [0.29, 0.717) is 18.7 Å². The van der Waals surface area contributed by atoms with Crippen molar-refractivity contribution in [1.29, 1.82) is 5.26 Å². The average Bonchev–Trinajstić information content (AvgIpc) is 2.64. The van der Waals surface area contributed by atoms with E-state index in [9.17, 15) is 9.59 Å². The summed E-state index contributed by atoms with van der Waals surface area (Å²) in [7, 11) is 1.60. The second-order valence-corrected chi connectivity index (χ2v) is 5.88. The molecule has 0 radical (unpaired) electrons. The van der Waals surface area contributed by atoms with E-state index in [1.165, 1.54) is 0 Å². The number of rotatable bonds is 6. The highest BCUT2D eigenvalue weighted by Crippen LogP contribution is 2.18. The van der Waals surface area contributed by atoms with Gasteiger partial charge in [-0.1, -0.05) is 12.1 Å². The Hall–Kier alpha value is -2.98. The fourth-order valence-electron chi connectivity index (χ4n) is 2.04. The number of nitrogens with zero attached hydrogens (tertiary/aromatic N) is 1. The lowest BCUT2D eigenvalue weighted by molar-refractivity contribution is -0.136. The Balaban J connectivity index is 1.77. The molecule has 0 heterocycles. The molecular weight excluding hydrogens is 338 g/mol. The molecule has 0 fully saturated rings. The average molecular weight is 355 g/mol. The summed E-state index contributed by atoms with van der Waals surface area (Å²) < 4.78 is 5.08. The number of hydrogen-bond acceptors (Lipinski definition) is 5. The molecule has 0 aliphatic rings. The van der Waals surface area contributed by atoms with Crippen molar-refractivity contribution in [2.75, 3.05) is 19.0 Å². The number of ether oxygens (including phenoxy) is 1. The largest absolute Gasteiger partial charge is 0.497 e. The smallest absolute Gasteiger partial charge is 0.313 e. The van der Waals surface area contributed by atoms with Crippen LogP contribution in [-0.2, 0) is 16.0 Å². The highest BCUT2D eigenvalue weighted by atomic mass is 32.2. The van der Waals surface area contributed by atoms with Crippen LogP contribution in [0.5, 0.6) is 5.75 Å². The molecule has 0 saturated carbocycles. The van der Waals surface area contributed by atoms with Crippen molar-refractivity contribution in [2.24, 2.45) is 0 Å². The van der Waals surface area contributed by atoms with Crippen LogP contribution in [0.4, 0.5) is 5.69 Å². The van der Waals surface area contributed by atoms with Gasteiger partial charge in [0.15, 0.2) is 0 Å². The number of anilines is 1. The van der Waals surface area contributed by atoms with Crippen molar-refractivity contribution < 1.29 is 14.3 Å². The predicted octanol–water partition coefficient (Wildman–Crippen LogP) is 2.57. The third-order valence-corrected chi connectivity index (χ3v) is 3.94. The van der Waals surface area contributed by atoms with Crippen molar-refractivity contribution in [3.63, 3.8) is 0 Å². The molecule has 7 heteroatoms. The molecule has 2 amide bonds.